The van der Waals surface area contributed by atoms with Gasteiger partial charge in [0, 0.05) is 12.6 Å². The van der Waals surface area contributed by atoms with E-state index < -0.39 is 17.7 Å². The lowest BCUT2D eigenvalue weighted by molar-refractivity contribution is -0.143. The van der Waals surface area contributed by atoms with Crippen LogP contribution in [-0.4, -0.2) is 47.4 Å². The van der Waals surface area contributed by atoms with E-state index in [1.54, 1.807) is 13.1 Å². The third-order valence-electron chi connectivity index (χ3n) is 3.38. The van der Waals surface area contributed by atoms with Crippen molar-refractivity contribution in [3.05, 3.63) is 29.6 Å². The Kier molecular flexibility index (Phi) is 4.01. The number of benzene rings is 1. The molecule has 2 unspecified atom stereocenters. The van der Waals surface area contributed by atoms with Crippen LogP contribution < -0.4 is 0 Å². The number of carboxylic acids is 1. The molecule has 1 fully saturated rings. The van der Waals surface area contributed by atoms with Gasteiger partial charge in [-0.2, -0.15) is 0 Å². The molecule has 2 atom stereocenters. The van der Waals surface area contributed by atoms with E-state index >= 15 is 0 Å². The number of rotatable bonds is 4. The molecule has 0 aliphatic carbocycles. The average Bonchev–Trinajstić information content (AvgIpc) is 2.83. The molecule has 0 bridgehead atoms. The number of nitrogens with zero attached hydrogens (tertiary/aromatic N) is 1. The van der Waals surface area contributed by atoms with Crippen LogP contribution >= 0.6 is 0 Å². The first-order chi connectivity index (χ1) is 8.99. The van der Waals surface area contributed by atoms with Crippen molar-refractivity contribution in [1.82, 2.24) is 4.90 Å². The number of hydrogen-bond acceptors (Lipinski definition) is 4. The Morgan fingerprint density at radius 2 is 2.26 bits per heavy atom. The summed E-state index contributed by atoms with van der Waals surface area (Å²) < 4.78 is 18.4. The summed E-state index contributed by atoms with van der Waals surface area (Å²) in [4.78, 5) is 12.9. The summed E-state index contributed by atoms with van der Waals surface area (Å²) >= 11 is 0. The largest absolute Gasteiger partial charge is 0.505 e. The number of ether oxygens (including phenoxy) is 1. The van der Waals surface area contributed by atoms with Crippen molar-refractivity contribution in [1.29, 1.82) is 0 Å². The number of likely N-dealkylation sites (N-methyl/N-ethyl adjacent to an activating group) is 1. The summed E-state index contributed by atoms with van der Waals surface area (Å²) in [6.07, 6.45) is 0. The van der Waals surface area contributed by atoms with Crippen LogP contribution in [-0.2, 0) is 16.1 Å². The molecule has 5 nitrogen and oxygen atoms in total. The van der Waals surface area contributed by atoms with E-state index in [1.165, 1.54) is 12.1 Å². The van der Waals surface area contributed by atoms with Crippen molar-refractivity contribution in [2.75, 3.05) is 20.3 Å². The van der Waals surface area contributed by atoms with E-state index in [-0.39, 0.29) is 18.4 Å². The highest BCUT2D eigenvalue weighted by atomic mass is 19.1. The van der Waals surface area contributed by atoms with Crippen molar-refractivity contribution in [2.24, 2.45) is 5.92 Å². The van der Waals surface area contributed by atoms with Gasteiger partial charge in [0.05, 0.1) is 19.1 Å². The van der Waals surface area contributed by atoms with E-state index in [4.69, 9.17) is 14.9 Å². The molecule has 0 spiro atoms. The fourth-order valence-corrected chi connectivity index (χ4v) is 2.27. The third kappa shape index (κ3) is 3.02. The predicted octanol–water partition coefficient (Wildman–Crippen LogP) is 1.06. The van der Waals surface area contributed by atoms with Crippen LogP contribution in [0.25, 0.3) is 0 Å². The van der Waals surface area contributed by atoms with Crippen LogP contribution in [0.5, 0.6) is 5.75 Å². The van der Waals surface area contributed by atoms with Crippen LogP contribution in [0.2, 0.25) is 0 Å². The highest BCUT2D eigenvalue weighted by molar-refractivity contribution is 5.71. The first-order valence-corrected chi connectivity index (χ1v) is 5.97. The summed E-state index contributed by atoms with van der Waals surface area (Å²) in [6.45, 7) is 0.956. The summed E-state index contributed by atoms with van der Waals surface area (Å²) in [6, 6.07) is 3.92. The number of aliphatic carboxylic acids is 1. The van der Waals surface area contributed by atoms with Crippen molar-refractivity contribution in [3.8, 4) is 5.75 Å². The summed E-state index contributed by atoms with van der Waals surface area (Å²) in [5.41, 5.74) is 0.675. The van der Waals surface area contributed by atoms with Crippen LogP contribution in [0.1, 0.15) is 5.56 Å². The lowest BCUT2D eigenvalue weighted by atomic mass is 10.0. The van der Waals surface area contributed by atoms with Gasteiger partial charge in [0.1, 0.15) is 0 Å². The lowest BCUT2D eigenvalue weighted by Gasteiger charge is -2.26. The molecule has 1 saturated heterocycles. The molecule has 1 aromatic rings. The van der Waals surface area contributed by atoms with Gasteiger partial charge in [0.25, 0.3) is 0 Å². The van der Waals surface area contributed by atoms with Gasteiger partial charge in [-0.15, -0.1) is 0 Å². The van der Waals surface area contributed by atoms with Gasteiger partial charge in [0.15, 0.2) is 11.6 Å². The highest BCUT2D eigenvalue weighted by Gasteiger charge is 2.36. The number of halogens is 1. The number of carbonyl (C=O) groups is 1. The molecule has 2 rings (SSSR count). The molecule has 0 amide bonds. The Morgan fingerprint density at radius 1 is 1.53 bits per heavy atom. The minimum absolute atomic E-state index is 0.203. The quantitative estimate of drug-likeness (QED) is 0.855. The second kappa shape index (κ2) is 5.54. The van der Waals surface area contributed by atoms with Gasteiger partial charge in [-0.1, -0.05) is 6.07 Å². The zero-order valence-corrected chi connectivity index (χ0v) is 10.5. The molecule has 6 heteroatoms. The molecule has 1 heterocycles. The SMILES string of the molecule is CN(Cc1ccc(O)c(F)c1)C1COCC1C(=O)O. The topological polar surface area (TPSA) is 70.0 Å². The zero-order valence-electron chi connectivity index (χ0n) is 10.5. The zero-order chi connectivity index (χ0) is 14.0. The lowest BCUT2D eigenvalue weighted by Crippen LogP contribution is -2.40. The Morgan fingerprint density at radius 3 is 2.89 bits per heavy atom. The van der Waals surface area contributed by atoms with E-state index in [0.29, 0.717) is 18.7 Å². The summed E-state index contributed by atoms with van der Waals surface area (Å²) in [5, 5.41) is 18.2. The summed E-state index contributed by atoms with van der Waals surface area (Å²) in [7, 11) is 1.78. The van der Waals surface area contributed by atoms with Crippen LogP contribution in [0.15, 0.2) is 18.2 Å². The number of carboxylic acid groups (broad SMARTS) is 1. The van der Waals surface area contributed by atoms with Crippen LogP contribution in [0.3, 0.4) is 0 Å². The second-order valence-corrected chi connectivity index (χ2v) is 4.75. The standard InChI is InChI=1S/C13H16FNO4/c1-15(11-7-19-6-9(11)13(17)18)5-8-2-3-12(16)10(14)4-8/h2-4,9,11,16H,5-7H2,1H3,(H,17,18). The van der Waals surface area contributed by atoms with Crippen molar-refractivity contribution in [3.63, 3.8) is 0 Å². The fraction of sp³-hybridized carbons (Fsp3) is 0.462. The van der Waals surface area contributed by atoms with E-state index in [9.17, 15) is 9.18 Å². The average molecular weight is 269 g/mol. The normalized spacial score (nSPS) is 22.9. The molecular formula is C13H16FNO4. The molecule has 1 aliphatic heterocycles. The second-order valence-electron chi connectivity index (χ2n) is 4.75. The Bertz CT molecular complexity index is 480. The maximum absolute atomic E-state index is 13.2. The van der Waals surface area contributed by atoms with Crippen molar-refractivity contribution >= 4 is 5.97 Å². The first-order valence-electron chi connectivity index (χ1n) is 5.97. The number of phenolic OH excluding ortho intramolecular Hbond substituents is 1. The van der Waals surface area contributed by atoms with Crippen molar-refractivity contribution < 1.29 is 24.1 Å². The van der Waals surface area contributed by atoms with Crippen LogP contribution in [0.4, 0.5) is 4.39 Å². The van der Waals surface area contributed by atoms with Gasteiger partial charge >= 0.3 is 5.97 Å². The molecule has 0 aromatic heterocycles. The fourth-order valence-electron chi connectivity index (χ4n) is 2.27. The minimum Gasteiger partial charge on any atom is -0.505 e. The monoisotopic (exact) mass is 269 g/mol. The molecule has 0 radical (unpaired) electrons. The molecule has 0 saturated carbocycles. The van der Waals surface area contributed by atoms with E-state index in [0.717, 1.165) is 0 Å². The Balaban J connectivity index is 2.05. The predicted molar refractivity (Wildman–Crippen MR) is 65.3 cm³/mol. The van der Waals surface area contributed by atoms with E-state index in [1.807, 2.05) is 4.90 Å². The van der Waals surface area contributed by atoms with Gasteiger partial charge in [0.2, 0.25) is 0 Å². The highest BCUT2D eigenvalue weighted by Crippen LogP contribution is 2.22. The Labute approximate surface area is 110 Å². The molecule has 104 valence electrons. The van der Waals surface area contributed by atoms with Gasteiger partial charge < -0.3 is 14.9 Å². The smallest absolute Gasteiger partial charge is 0.310 e. The van der Waals surface area contributed by atoms with Gasteiger partial charge in [-0.3, -0.25) is 9.69 Å². The molecule has 1 aromatic carbocycles. The first kappa shape index (κ1) is 13.8. The Hall–Kier alpha value is -1.66. The van der Waals surface area contributed by atoms with Crippen molar-refractivity contribution in [2.45, 2.75) is 12.6 Å². The maximum atomic E-state index is 13.2. The minimum atomic E-state index is -0.883. The number of hydrogen-bond donors (Lipinski definition) is 2. The molecular weight excluding hydrogens is 253 g/mol. The maximum Gasteiger partial charge on any atom is 0.310 e. The number of phenols is 1. The van der Waals surface area contributed by atoms with E-state index in [2.05, 4.69) is 0 Å². The third-order valence-corrected chi connectivity index (χ3v) is 3.38. The molecule has 19 heavy (non-hydrogen) atoms. The summed E-state index contributed by atoms with van der Waals surface area (Å²) in [5.74, 6) is -2.51. The number of aromatic hydroxyl groups is 1. The molecule has 1 aliphatic rings. The van der Waals surface area contributed by atoms with Gasteiger partial charge in [-0.25, -0.2) is 4.39 Å². The molecule has 2 N–H and O–H groups in total. The van der Waals surface area contributed by atoms with Gasteiger partial charge in [-0.05, 0) is 24.7 Å². The van der Waals surface area contributed by atoms with Crippen LogP contribution in [0, 0.1) is 11.7 Å².